The first kappa shape index (κ1) is 34.5. The number of hydrogen-bond acceptors (Lipinski definition) is 5. The second-order valence-electron chi connectivity index (χ2n) is 13.2. The van der Waals surface area contributed by atoms with Crippen LogP contribution in [-0.4, -0.2) is 22.8 Å². The number of ether oxygens (including phenoxy) is 3. The van der Waals surface area contributed by atoms with Crippen molar-refractivity contribution >= 4 is 16.9 Å². The predicted octanol–water partition coefficient (Wildman–Crippen LogP) is 8.50. The average molecular weight is 619 g/mol. The molecule has 0 aromatic heterocycles. The van der Waals surface area contributed by atoms with Crippen molar-refractivity contribution < 1.29 is 28.5 Å². The largest absolute Gasteiger partial charge is 0.545 e. The van der Waals surface area contributed by atoms with Gasteiger partial charge in [0, 0.05) is 0 Å². The van der Waals surface area contributed by atoms with Crippen molar-refractivity contribution in [1.29, 1.82) is 0 Å². The van der Waals surface area contributed by atoms with Crippen molar-refractivity contribution in [3.63, 3.8) is 0 Å². The third-order valence-electron chi connectivity index (χ3n) is 5.53. The molecule has 0 fully saturated rings. The topological polar surface area (TPSA) is 67.8 Å². The van der Waals surface area contributed by atoms with Gasteiger partial charge in [0.2, 0.25) is 0 Å². The monoisotopic (exact) mass is 618 g/mol. The second-order valence-corrected chi connectivity index (χ2v) is 15.2. The highest BCUT2D eigenvalue weighted by Gasteiger charge is 2.29. The molecule has 0 heterocycles. The van der Waals surface area contributed by atoms with Gasteiger partial charge in [-0.1, -0.05) is 12.1 Å². The van der Waals surface area contributed by atoms with E-state index in [-0.39, 0.29) is 33.3 Å². The number of halogens is 1. The van der Waals surface area contributed by atoms with E-state index in [2.05, 4.69) is 135 Å². The molecule has 4 aromatic carbocycles. The number of carbonyl (C=O) groups excluding carboxylic acids is 1. The number of carboxylic acids is 1. The minimum absolute atomic E-state index is 0.0126. The molecule has 0 bridgehead atoms. The smallest absolute Gasteiger partial charge is 0.166 e. The molecule has 234 valence electrons. The van der Waals surface area contributed by atoms with E-state index in [0.717, 1.165) is 41.5 Å². The molecule has 0 radical (unpaired) electrons. The molecule has 0 aliphatic heterocycles. The molecule has 5 nitrogen and oxygen atoms in total. The van der Waals surface area contributed by atoms with E-state index in [1.165, 1.54) is 14.7 Å². The summed E-state index contributed by atoms with van der Waals surface area (Å²) >= 11 is 0. The normalized spacial score (nSPS) is 11.8. The van der Waals surface area contributed by atoms with Gasteiger partial charge in [-0.25, -0.2) is 4.39 Å². The summed E-state index contributed by atoms with van der Waals surface area (Å²) in [5.74, 6) is 0.887. The Morgan fingerprint density at radius 3 is 1.02 bits per heavy atom. The number of carbonyl (C=O) groups is 1. The van der Waals surface area contributed by atoms with Crippen LogP contribution in [-0.2, 0) is 10.9 Å². The SMILES string of the molecule is CC(C)(C)Oc1ccc([S+](c2ccc(OC(C)(C)C)cc2)c2ccc(OC(C)(C)C)cc2)cc1.O=C([O-])c1ccc(F)cc1. The highest BCUT2D eigenvalue weighted by Crippen LogP contribution is 2.35. The minimum atomic E-state index is -1.29. The molecule has 0 unspecified atom stereocenters. The van der Waals surface area contributed by atoms with E-state index >= 15 is 0 Å². The maximum absolute atomic E-state index is 12.1. The zero-order valence-electron chi connectivity index (χ0n) is 27.1. The first-order valence-corrected chi connectivity index (χ1v) is 15.7. The van der Waals surface area contributed by atoms with Crippen molar-refractivity contribution in [3.8, 4) is 17.2 Å². The van der Waals surface area contributed by atoms with Gasteiger partial charge in [-0.2, -0.15) is 0 Å². The third-order valence-corrected chi connectivity index (χ3v) is 7.76. The minimum Gasteiger partial charge on any atom is -0.545 e. The van der Waals surface area contributed by atoms with Crippen LogP contribution in [0.5, 0.6) is 17.2 Å². The van der Waals surface area contributed by atoms with Crippen LogP contribution in [0.4, 0.5) is 4.39 Å². The summed E-state index contributed by atoms with van der Waals surface area (Å²) in [4.78, 5) is 13.8. The van der Waals surface area contributed by atoms with Crippen LogP contribution >= 0.6 is 0 Å². The highest BCUT2D eigenvalue weighted by molar-refractivity contribution is 7.97. The Balaban J connectivity index is 0.000000448. The fraction of sp³-hybridized carbons (Fsp3) is 0.324. The molecule has 4 rings (SSSR count). The van der Waals surface area contributed by atoms with Gasteiger partial charge in [-0.15, -0.1) is 0 Å². The van der Waals surface area contributed by atoms with Crippen LogP contribution in [0.25, 0.3) is 0 Å². The molecule has 0 saturated heterocycles. The standard InChI is InChI=1S/C30H39O3S.C7H5FO2/c1-28(2,3)31-22-10-16-25(17-11-22)34(26-18-12-23(13-19-26)32-29(4,5)6)27-20-14-24(15-21-27)33-30(7,8)9;8-6-3-1-5(2-4-6)7(9)10/h10-21H,1-9H3;1-4H,(H,9,10)/q+1;/p-1. The van der Waals surface area contributed by atoms with Gasteiger partial charge in [-0.3, -0.25) is 0 Å². The molecule has 0 amide bonds. The fourth-order valence-electron chi connectivity index (χ4n) is 3.99. The van der Waals surface area contributed by atoms with Crippen LogP contribution < -0.4 is 19.3 Å². The lowest BCUT2D eigenvalue weighted by Crippen LogP contribution is -2.23. The van der Waals surface area contributed by atoms with E-state index in [9.17, 15) is 14.3 Å². The Morgan fingerprint density at radius 2 is 0.795 bits per heavy atom. The number of hydrogen-bond donors (Lipinski definition) is 0. The Morgan fingerprint density at radius 1 is 0.523 bits per heavy atom. The first-order valence-electron chi connectivity index (χ1n) is 14.5. The van der Waals surface area contributed by atoms with Crippen LogP contribution in [0.15, 0.2) is 112 Å². The summed E-state index contributed by atoms with van der Waals surface area (Å²) in [6.07, 6.45) is 0. The summed E-state index contributed by atoms with van der Waals surface area (Å²) in [6.45, 7) is 18.6. The summed E-state index contributed by atoms with van der Waals surface area (Å²) in [5.41, 5.74) is -0.694. The fourth-order valence-corrected chi connectivity index (χ4v) is 6.03. The van der Waals surface area contributed by atoms with E-state index in [1.54, 1.807) is 0 Å². The van der Waals surface area contributed by atoms with E-state index in [1.807, 2.05) is 0 Å². The van der Waals surface area contributed by atoms with E-state index in [4.69, 9.17) is 14.2 Å². The van der Waals surface area contributed by atoms with Crippen LogP contribution in [0, 0.1) is 5.82 Å². The highest BCUT2D eigenvalue weighted by atomic mass is 32.2. The second kappa shape index (κ2) is 14.2. The van der Waals surface area contributed by atoms with Crippen LogP contribution in [0.1, 0.15) is 72.7 Å². The summed E-state index contributed by atoms with van der Waals surface area (Å²) in [5, 5.41) is 10.1. The van der Waals surface area contributed by atoms with Crippen molar-refractivity contribution in [2.75, 3.05) is 0 Å². The molecular weight excluding hydrogens is 575 g/mol. The van der Waals surface area contributed by atoms with Gasteiger partial charge in [0.1, 0.15) is 39.9 Å². The lowest BCUT2D eigenvalue weighted by Gasteiger charge is -2.22. The molecule has 4 aromatic rings. The van der Waals surface area contributed by atoms with E-state index in [0.29, 0.717) is 0 Å². The molecule has 0 aliphatic rings. The van der Waals surface area contributed by atoms with Gasteiger partial charge >= 0.3 is 0 Å². The summed E-state index contributed by atoms with van der Waals surface area (Å²) in [6, 6.07) is 29.9. The lowest BCUT2D eigenvalue weighted by molar-refractivity contribution is -0.255. The molecule has 44 heavy (non-hydrogen) atoms. The van der Waals surface area contributed by atoms with Gasteiger partial charge in [-0.05, 0) is 153 Å². The van der Waals surface area contributed by atoms with Gasteiger partial charge in [0.15, 0.2) is 14.7 Å². The molecule has 7 heteroatoms. The van der Waals surface area contributed by atoms with Crippen molar-refractivity contribution in [2.45, 2.75) is 93.8 Å². The maximum atomic E-state index is 12.1. The van der Waals surface area contributed by atoms with Crippen LogP contribution in [0.2, 0.25) is 0 Å². The van der Waals surface area contributed by atoms with Gasteiger partial charge in [0.05, 0.1) is 16.9 Å². The Bertz CT molecular complexity index is 1340. The molecule has 0 spiro atoms. The van der Waals surface area contributed by atoms with E-state index < -0.39 is 11.8 Å². The Kier molecular flexibility index (Phi) is 11.1. The maximum Gasteiger partial charge on any atom is 0.166 e. The van der Waals surface area contributed by atoms with Gasteiger partial charge in [0.25, 0.3) is 0 Å². The quantitative estimate of drug-likeness (QED) is 0.194. The Hall–Kier alpha value is -3.97. The summed E-state index contributed by atoms with van der Waals surface area (Å²) in [7, 11) is -0.276. The molecule has 0 N–H and O–H groups in total. The predicted molar refractivity (Wildman–Crippen MR) is 173 cm³/mol. The number of carboxylic acid groups (broad SMARTS) is 1. The van der Waals surface area contributed by atoms with Crippen molar-refractivity contribution in [3.05, 3.63) is 108 Å². The molecular formula is C37H43FO5S. The van der Waals surface area contributed by atoms with Crippen molar-refractivity contribution in [2.24, 2.45) is 0 Å². The molecule has 0 atom stereocenters. The van der Waals surface area contributed by atoms with Gasteiger partial charge < -0.3 is 24.1 Å². The lowest BCUT2D eigenvalue weighted by atomic mass is 10.2. The summed E-state index contributed by atoms with van der Waals surface area (Å²) < 4.78 is 30.3. The number of rotatable bonds is 7. The molecule has 0 aliphatic carbocycles. The average Bonchev–Trinajstić information content (AvgIpc) is 2.90. The zero-order valence-corrected chi connectivity index (χ0v) is 27.9. The third kappa shape index (κ3) is 11.6. The number of benzene rings is 4. The van der Waals surface area contributed by atoms with Crippen LogP contribution in [0.3, 0.4) is 0 Å². The number of aromatic carboxylic acids is 1. The van der Waals surface area contributed by atoms with Crippen molar-refractivity contribution in [1.82, 2.24) is 0 Å². The molecule has 0 saturated carbocycles. The Labute approximate surface area is 264 Å². The first-order chi connectivity index (χ1) is 20.4. The zero-order chi connectivity index (χ0) is 32.7.